The number of Topliss-reactive ketones (excluding diaryl/α,β-unsaturated/α-hetero) is 1. The lowest BCUT2D eigenvalue weighted by Gasteiger charge is -2.10. The minimum Gasteiger partial charge on any atom is -0.294 e. The van der Waals surface area contributed by atoms with Gasteiger partial charge in [0.25, 0.3) is 0 Å². The zero-order valence-corrected chi connectivity index (χ0v) is 13.5. The Morgan fingerprint density at radius 2 is 1.57 bits per heavy atom. The number of hydrogen-bond donors (Lipinski definition) is 0. The molecule has 110 valence electrons. The molecule has 0 aliphatic heterocycles. The van der Waals surface area contributed by atoms with E-state index in [2.05, 4.69) is 58.0 Å². The van der Waals surface area contributed by atoms with Crippen LogP contribution in [0.25, 0.3) is 0 Å². The van der Waals surface area contributed by atoms with Gasteiger partial charge in [-0.15, -0.1) is 0 Å². The van der Waals surface area contributed by atoms with Crippen LogP contribution in [-0.4, -0.2) is 5.78 Å². The van der Waals surface area contributed by atoms with Crippen molar-refractivity contribution in [1.29, 1.82) is 0 Å². The second kappa shape index (κ2) is 6.71. The number of aryl methyl sites for hydroxylation is 4. The van der Waals surface area contributed by atoms with E-state index in [1.165, 1.54) is 22.3 Å². The predicted octanol–water partition coefficient (Wildman–Crippen LogP) is 4.85. The van der Waals surface area contributed by atoms with E-state index in [9.17, 15) is 4.79 Å². The Labute approximate surface area is 128 Å². The van der Waals surface area contributed by atoms with Crippen LogP contribution in [0.1, 0.15) is 52.0 Å². The normalized spacial score (nSPS) is 10.7. The van der Waals surface area contributed by atoms with Crippen LogP contribution in [0.5, 0.6) is 0 Å². The van der Waals surface area contributed by atoms with Gasteiger partial charge in [0.15, 0.2) is 5.78 Å². The molecule has 0 bridgehead atoms. The van der Waals surface area contributed by atoms with Crippen molar-refractivity contribution in [3.8, 4) is 0 Å². The molecule has 0 aromatic heterocycles. The molecule has 0 radical (unpaired) electrons. The molecule has 0 unspecified atom stereocenters. The maximum absolute atomic E-state index is 12.5. The van der Waals surface area contributed by atoms with Crippen LogP contribution in [0.4, 0.5) is 0 Å². The highest BCUT2D eigenvalue weighted by Crippen LogP contribution is 2.18. The minimum atomic E-state index is 0.209. The van der Waals surface area contributed by atoms with Crippen molar-refractivity contribution in [3.05, 3.63) is 69.8 Å². The Morgan fingerprint density at radius 1 is 0.857 bits per heavy atom. The molecule has 1 nitrogen and oxygen atoms in total. The van der Waals surface area contributed by atoms with Crippen molar-refractivity contribution in [1.82, 2.24) is 0 Å². The van der Waals surface area contributed by atoms with E-state index >= 15 is 0 Å². The van der Waals surface area contributed by atoms with Crippen molar-refractivity contribution in [2.45, 2.75) is 47.0 Å². The molecule has 0 fully saturated rings. The fourth-order valence-electron chi connectivity index (χ4n) is 2.74. The summed E-state index contributed by atoms with van der Waals surface area (Å²) in [6, 6.07) is 12.5. The molecule has 1 heteroatoms. The van der Waals surface area contributed by atoms with Gasteiger partial charge in [-0.25, -0.2) is 0 Å². The molecule has 2 aromatic carbocycles. The van der Waals surface area contributed by atoms with Gasteiger partial charge in [-0.1, -0.05) is 49.7 Å². The molecule has 2 aromatic rings. The van der Waals surface area contributed by atoms with Gasteiger partial charge in [-0.05, 0) is 55.0 Å². The first-order valence-corrected chi connectivity index (χ1v) is 7.76. The van der Waals surface area contributed by atoms with Crippen LogP contribution in [-0.2, 0) is 19.3 Å². The fraction of sp³-hybridized carbons (Fsp3) is 0.350. The summed E-state index contributed by atoms with van der Waals surface area (Å²) in [5.74, 6) is 0.209. The lowest BCUT2D eigenvalue weighted by Crippen LogP contribution is -2.06. The Kier molecular flexibility index (Phi) is 4.95. The summed E-state index contributed by atoms with van der Waals surface area (Å²) >= 11 is 0. The second-order valence-corrected chi connectivity index (χ2v) is 5.72. The maximum Gasteiger partial charge on any atom is 0.167 e. The third-order valence-corrected chi connectivity index (χ3v) is 4.15. The highest BCUT2D eigenvalue weighted by molar-refractivity contribution is 5.97. The number of benzene rings is 2. The summed E-state index contributed by atoms with van der Waals surface area (Å²) in [6.07, 6.45) is 2.49. The molecule has 0 atom stereocenters. The van der Waals surface area contributed by atoms with Crippen LogP contribution in [0.3, 0.4) is 0 Å². The van der Waals surface area contributed by atoms with Crippen molar-refractivity contribution in [3.63, 3.8) is 0 Å². The second-order valence-electron chi connectivity index (χ2n) is 5.72. The Bertz CT molecular complexity index is 653. The zero-order chi connectivity index (χ0) is 15.4. The molecule has 0 heterocycles. The molecule has 0 saturated carbocycles. The Balaban J connectivity index is 2.26. The summed E-state index contributed by atoms with van der Waals surface area (Å²) in [5.41, 5.74) is 7.02. The zero-order valence-electron chi connectivity index (χ0n) is 13.5. The van der Waals surface area contributed by atoms with Gasteiger partial charge in [0, 0.05) is 12.0 Å². The van der Waals surface area contributed by atoms with Gasteiger partial charge in [0.2, 0.25) is 0 Å². The molecule has 0 aliphatic carbocycles. The maximum atomic E-state index is 12.5. The average molecular weight is 280 g/mol. The molecule has 0 N–H and O–H groups in total. The van der Waals surface area contributed by atoms with Crippen molar-refractivity contribution in [2.24, 2.45) is 0 Å². The van der Waals surface area contributed by atoms with Crippen LogP contribution < -0.4 is 0 Å². The van der Waals surface area contributed by atoms with Gasteiger partial charge in [0.05, 0.1) is 0 Å². The van der Waals surface area contributed by atoms with Crippen LogP contribution in [0.2, 0.25) is 0 Å². The third-order valence-electron chi connectivity index (χ3n) is 4.15. The summed E-state index contributed by atoms with van der Waals surface area (Å²) in [7, 11) is 0. The van der Waals surface area contributed by atoms with Gasteiger partial charge in [-0.2, -0.15) is 0 Å². The van der Waals surface area contributed by atoms with E-state index in [-0.39, 0.29) is 5.78 Å². The summed E-state index contributed by atoms with van der Waals surface area (Å²) in [6.45, 7) is 8.44. The molecule has 0 saturated heterocycles. The standard InChI is InChI=1S/C20H24O/c1-5-16-9-10-18(12-17(16)6-2)20(21)13-19-11-14(3)7-8-15(19)4/h7-12H,5-6,13H2,1-4H3. The van der Waals surface area contributed by atoms with E-state index in [1.54, 1.807) is 0 Å². The molecule has 21 heavy (non-hydrogen) atoms. The number of carbonyl (C=O) groups excluding carboxylic acids is 1. The van der Waals surface area contributed by atoms with Crippen LogP contribution >= 0.6 is 0 Å². The van der Waals surface area contributed by atoms with E-state index < -0.39 is 0 Å². The highest BCUT2D eigenvalue weighted by atomic mass is 16.1. The van der Waals surface area contributed by atoms with Crippen molar-refractivity contribution < 1.29 is 4.79 Å². The first kappa shape index (κ1) is 15.5. The first-order chi connectivity index (χ1) is 10.0. The first-order valence-electron chi connectivity index (χ1n) is 7.76. The fourth-order valence-corrected chi connectivity index (χ4v) is 2.74. The average Bonchev–Trinajstić information content (AvgIpc) is 2.50. The minimum absolute atomic E-state index is 0.209. The number of hydrogen-bond acceptors (Lipinski definition) is 1. The summed E-state index contributed by atoms with van der Waals surface area (Å²) in [5, 5.41) is 0. The van der Waals surface area contributed by atoms with Crippen LogP contribution in [0, 0.1) is 13.8 Å². The van der Waals surface area contributed by atoms with Gasteiger partial charge < -0.3 is 0 Å². The van der Waals surface area contributed by atoms with Gasteiger partial charge in [-0.3, -0.25) is 4.79 Å². The molecule has 2 rings (SSSR count). The molecular weight excluding hydrogens is 256 g/mol. The predicted molar refractivity (Wildman–Crippen MR) is 89.1 cm³/mol. The summed E-state index contributed by atoms with van der Waals surface area (Å²) < 4.78 is 0. The highest BCUT2D eigenvalue weighted by Gasteiger charge is 2.11. The SMILES string of the molecule is CCc1ccc(C(=O)Cc2cc(C)ccc2C)cc1CC. The lowest BCUT2D eigenvalue weighted by atomic mass is 9.94. The van der Waals surface area contributed by atoms with E-state index in [4.69, 9.17) is 0 Å². The van der Waals surface area contributed by atoms with Crippen molar-refractivity contribution in [2.75, 3.05) is 0 Å². The summed E-state index contributed by atoms with van der Waals surface area (Å²) in [4.78, 5) is 12.5. The third kappa shape index (κ3) is 3.60. The quantitative estimate of drug-likeness (QED) is 0.715. The number of ketones is 1. The largest absolute Gasteiger partial charge is 0.294 e. The van der Waals surface area contributed by atoms with Crippen LogP contribution in [0.15, 0.2) is 36.4 Å². The van der Waals surface area contributed by atoms with Gasteiger partial charge >= 0.3 is 0 Å². The lowest BCUT2D eigenvalue weighted by molar-refractivity contribution is 0.0992. The molecule has 0 amide bonds. The Hall–Kier alpha value is -1.89. The topological polar surface area (TPSA) is 17.1 Å². The smallest absolute Gasteiger partial charge is 0.167 e. The van der Waals surface area contributed by atoms with E-state index in [0.717, 1.165) is 24.0 Å². The van der Waals surface area contributed by atoms with E-state index in [1.807, 2.05) is 6.07 Å². The molecule has 0 aliphatic rings. The number of rotatable bonds is 5. The Morgan fingerprint density at radius 3 is 2.24 bits per heavy atom. The molecule has 0 spiro atoms. The monoisotopic (exact) mass is 280 g/mol. The number of carbonyl (C=O) groups is 1. The van der Waals surface area contributed by atoms with Crippen molar-refractivity contribution >= 4 is 5.78 Å². The molecular formula is C20H24O. The van der Waals surface area contributed by atoms with E-state index in [0.29, 0.717) is 6.42 Å². The van der Waals surface area contributed by atoms with Gasteiger partial charge in [0.1, 0.15) is 0 Å².